The first-order chi connectivity index (χ1) is 8.38. The van der Waals surface area contributed by atoms with Crippen LogP contribution in [-0.4, -0.2) is 61.2 Å². The van der Waals surface area contributed by atoms with Crippen LogP contribution in [0.3, 0.4) is 0 Å². The van der Waals surface area contributed by atoms with Crippen molar-refractivity contribution in [2.24, 2.45) is 5.92 Å². The fourth-order valence-electron chi connectivity index (χ4n) is 4.19. The average Bonchev–Trinajstić information content (AvgIpc) is 2.42. The zero-order chi connectivity index (χ0) is 11.7. The van der Waals surface area contributed by atoms with Gasteiger partial charge in [-0.2, -0.15) is 0 Å². The van der Waals surface area contributed by atoms with Gasteiger partial charge in [-0.05, 0) is 57.8 Å². The van der Waals surface area contributed by atoms with Gasteiger partial charge in [-0.3, -0.25) is 4.90 Å². The lowest BCUT2D eigenvalue weighted by Gasteiger charge is -2.51. The normalized spacial score (nSPS) is 42.0. The number of hydrogen-bond acceptors (Lipinski definition) is 3. The summed E-state index contributed by atoms with van der Waals surface area (Å²) >= 11 is 0. The maximum atomic E-state index is 3.58. The first kappa shape index (κ1) is 11.9. The molecule has 4 fully saturated rings. The summed E-state index contributed by atoms with van der Waals surface area (Å²) in [5.74, 6) is 0.988. The van der Waals surface area contributed by atoms with E-state index >= 15 is 0 Å². The number of nitrogens with one attached hydrogen (secondary N) is 1. The van der Waals surface area contributed by atoms with Crippen LogP contribution in [0.5, 0.6) is 0 Å². The van der Waals surface area contributed by atoms with E-state index in [9.17, 15) is 0 Å². The summed E-state index contributed by atoms with van der Waals surface area (Å²) in [5.41, 5.74) is 0. The summed E-state index contributed by atoms with van der Waals surface area (Å²) in [6, 6.07) is 1.66. The number of nitrogens with zero attached hydrogens (tertiary/aromatic N) is 2. The monoisotopic (exact) mass is 237 g/mol. The Balaban J connectivity index is 1.67. The summed E-state index contributed by atoms with van der Waals surface area (Å²) in [6.07, 6.45) is 5.66. The van der Waals surface area contributed by atoms with Crippen LogP contribution in [0.25, 0.3) is 0 Å². The van der Waals surface area contributed by atoms with Crippen molar-refractivity contribution >= 4 is 0 Å². The zero-order valence-corrected chi connectivity index (χ0v) is 11.2. The van der Waals surface area contributed by atoms with Crippen molar-refractivity contribution in [1.29, 1.82) is 0 Å². The van der Waals surface area contributed by atoms with Gasteiger partial charge >= 0.3 is 0 Å². The van der Waals surface area contributed by atoms with Crippen molar-refractivity contribution in [2.45, 2.75) is 44.7 Å². The molecule has 0 spiro atoms. The molecule has 4 aliphatic heterocycles. The second-order valence-electron chi connectivity index (χ2n) is 6.04. The van der Waals surface area contributed by atoms with E-state index in [0.29, 0.717) is 0 Å². The van der Waals surface area contributed by atoms with Gasteiger partial charge < -0.3 is 10.2 Å². The van der Waals surface area contributed by atoms with Gasteiger partial charge in [0.2, 0.25) is 0 Å². The predicted octanol–water partition coefficient (Wildman–Crippen LogP) is 1.15. The van der Waals surface area contributed by atoms with Crippen LogP contribution in [0, 0.1) is 5.92 Å². The second kappa shape index (κ2) is 5.25. The Morgan fingerprint density at radius 1 is 1.24 bits per heavy atom. The lowest BCUT2D eigenvalue weighted by atomic mass is 9.82. The molecule has 3 nitrogen and oxygen atoms in total. The van der Waals surface area contributed by atoms with Gasteiger partial charge in [0.05, 0.1) is 0 Å². The molecule has 0 saturated carbocycles. The first-order valence-electron chi connectivity index (χ1n) is 7.57. The Hall–Kier alpha value is -0.120. The molecular formula is C14H27N3. The van der Waals surface area contributed by atoms with E-state index in [0.717, 1.165) is 18.0 Å². The van der Waals surface area contributed by atoms with Crippen molar-refractivity contribution in [3.63, 3.8) is 0 Å². The SMILES string of the molecule is CCN(C1CCCNC1)C1CN2CCC1CC2. The lowest BCUT2D eigenvalue weighted by molar-refractivity contribution is -0.0164. The molecule has 0 aromatic heterocycles. The van der Waals surface area contributed by atoms with E-state index in [1.54, 1.807) is 0 Å². The molecule has 98 valence electrons. The highest BCUT2D eigenvalue weighted by Crippen LogP contribution is 2.32. The summed E-state index contributed by atoms with van der Waals surface area (Å²) in [6.45, 7) is 10.1. The van der Waals surface area contributed by atoms with E-state index in [2.05, 4.69) is 22.0 Å². The standard InChI is InChI=1S/C14H27N3/c1-2-17(13-4-3-7-15-10-13)14-11-16-8-5-12(14)6-9-16/h12-15H,2-11H2,1H3. The highest BCUT2D eigenvalue weighted by Gasteiger charge is 2.39. The predicted molar refractivity (Wildman–Crippen MR) is 71.2 cm³/mol. The molecule has 17 heavy (non-hydrogen) atoms. The molecule has 0 amide bonds. The molecule has 1 N–H and O–H groups in total. The number of fused-ring (bicyclic) bond motifs is 3. The topological polar surface area (TPSA) is 18.5 Å². The van der Waals surface area contributed by atoms with Crippen molar-refractivity contribution < 1.29 is 0 Å². The van der Waals surface area contributed by atoms with Gasteiger partial charge in [-0.15, -0.1) is 0 Å². The van der Waals surface area contributed by atoms with Crippen LogP contribution in [-0.2, 0) is 0 Å². The molecule has 0 aromatic rings. The molecule has 4 rings (SSSR count). The van der Waals surface area contributed by atoms with Gasteiger partial charge in [0.25, 0.3) is 0 Å². The largest absolute Gasteiger partial charge is 0.315 e. The smallest absolute Gasteiger partial charge is 0.0255 e. The van der Waals surface area contributed by atoms with Gasteiger partial charge in [-0.1, -0.05) is 6.92 Å². The van der Waals surface area contributed by atoms with E-state index in [1.165, 1.54) is 65.0 Å². The molecule has 0 aromatic carbocycles. The van der Waals surface area contributed by atoms with Gasteiger partial charge in [0, 0.05) is 25.2 Å². The third-order valence-electron chi connectivity index (χ3n) is 5.15. The van der Waals surface area contributed by atoms with Crippen LogP contribution < -0.4 is 5.32 Å². The molecule has 2 unspecified atom stereocenters. The highest BCUT2D eigenvalue weighted by atomic mass is 15.3. The fourth-order valence-corrected chi connectivity index (χ4v) is 4.19. The minimum absolute atomic E-state index is 0.805. The quantitative estimate of drug-likeness (QED) is 0.794. The fraction of sp³-hybridized carbons (Fsp3) is 1.00. The van der Waals surface area contributed by atoms with Crippen LogP contribution in [0.15, 0.2) is 0 Å². The van der Waals surface area contributed by atoms with Crippen molar-refractivity contribution in [1.82, 2.24) is 15.1 Å². The van der Waals surface area contributed by atoms with Crippen molar-refractivity contribution in [3.05, 3.63) is 0 Å². The Morgan fingerprint density at radius 2 is 2.06 bits per heavy atom. The molecule has 3 heteroatoms. The number of likely N-dealkylation sites (N-methyl/N-ethyl adjacent to an activating group) is 1. The maximum absolute atomic E-state index is 3.58. The van der Waals surface area contributed by atoms with Gasteiger partial charge in [0.1, 0.15) is 0 Å². The van der Waals surface area contributed by atoms with Gasteiger partial charge in [0.15, 0.2) is 0 Å². The molecule has 0 aliphatic carbocycles. The van der Waals surface area contributed by atoms with E-state index in [-0.39, 0.29) is 0 Å². The molecule has 2 bridgehead atoms. The molecule has 4 heterocycles. The minimum Gasteiger partial charge on any atom is -0.315 e. The Morgan fingerprint density at radius 3 is 2.59 bits per heavy atom. The number of piperidine rings is 4. The van der Waals surface area contributed by atoms with Crippen molar-refractivity contribution in [3.8, 4) is 0 Å². The maximum Gasteiger partial charge on any atom is 0.0255 e. The van der Waals surface area contributed by atoms with Crippen LogP contribution in [0.2, 0.25) is 0 Å². The van der Waals surface area contributed by atoms with Crippen molar-refractivity contribution in [2.75, 3.05) is 39.3 Å². The van der Waals surface area contributed by atoms with Crippen LogP contribution in [0.4, 0.5) is 0 Å². The number of rotatable bonds is 3. The zero-order valence-electron chi connectivity index (χ0n) is 11.2. The third kappa shape index (κ3) is 2.38. The minimum atomic E-state index is 0.805. The van der Waals surface area contributed by atoms with Gasteiger partial charge in [-0.25, -0.2) is 0 Å². The third-order valence-corrected chi connectivity index (χ3v) is 5.15. The summed E-state index contributed by atoms with van der Waals surface area (Å²) in [5, 5.41) is 3.58. The molecule has 4 aliphatic rings. The Bertz CT molecular complexity index is 242. The molecule has 0 radical (unpaired) electrons. The summed E-state index contributed by atoms with van der Waals surface area (Å²) < 4.78 is 0. The second-order valence-corrected chi connectivity index (χ2v) is 6.04. The van der Waals surface area contributed by atoms with Crippen LogP contribution >= 0.6 is 0 Å². The van der Waals surface area contributed by atoms with E-state index < -0.39 is 0 Å². The Labute approximate surface area is 106 Å². The molecule has 2 atom stereocenters. The highest BCUT2D eigenvalue weighted by molar-refractivity contribution is 4.95. The first-order valence-corrected chi connectivity index (χ1v) is 7.57. The van der Waals surface area contributed by atoms with E-state index in [1.807, 2.05) is 0 Å². The molecule has 4 saturated heterocycles. The molecular weight excluding hydrogens is 210 g/mol. The van der Waals surface area contributed by atoms with E-state index in [4.69, 9.17) is 0 Å². The average molecular weight is 237 g/mol. The summed E-state index contributed by atoms with van der Waals surface area (Å²) in [4.78, 5) is 5.51. The number of hydrogen-bond donors (Lipinski definition) is 1. The Kier molecular flexibility index (Phi) is 3.69. The lowest BCUT2D eigenvalue weighted by Crippen LogP contribution is -2.61. The van der Waals surface area contributed by atoms with Crippen LogP contribution in [0.1, 0.15) is 32.6 Å². The summed E-state index contributed by atoms with van der Waals surface area (Å²) in [7, 11) is 0.